The Bertz CT molecular complexity index is 613. The van der Waals surface area contributed by atoms with Crippen molar-refractivity contribution >= 4 is 22.8 Å². The van der Waals surface area contributed by atoms with Crippen LogP contribution < -0.4 is 5.32 Å². The molecule has 2 N–H and O–H groups in total. The molecule has 0 amide bonds. The van der Waals surface area contributed by atoms with Crippen LogP contribution in [0.2, 0.25) is 0 Å². The number of aromatic nitrogens is 3. The zero-order chi connectivity index (χ0) is 13.8. The summed E-state index contributed by atoms with van der Waals surface area (Å²) in [6.07, 6.45) is 5.12. The van der Waals surface area contributed by atoms with Crippen molar-refractivity contribution in [2.45, 2.75) is 26.7 Å². The van der Waals surface area contributed by atoms with Crippen LogP contribution in [0.15, 0.2) is 12.4 Å². The molecular formula is C13H16N4O2. The molecule has 2 aromatic heterocycles. The second-order valence-electron chi connectivity index (χ2n) is 4.26. The number of nitrogens with one attached hydrogen (secondary N) is 1. The Kier molecular flexibility index (Phi) is 3.89. The van der Waals surface area contributed by atoms with Crippen molar-refractivity contribution in [1.29, 1.82) is 0 Å². The first-order valence-electron chi connectivity index (χ1n) is 6.23. The SMILES string of the molecule is CCCCNc1nc(C)c(C(=O)O)c2nccnc12. The van der Waals surface area contributed by atoms with Gasteiger partial charge in [0.1, 0.15) is 16.6 Å². The molecule has 6 nitrogen and oxygen atoms in total. The summed E-state index contributed by atoms with van der Waals surface area (Å²) >= 11 is 0. The monoisotopic (exact) mass is 260 g/mol. The number of hydrogen-bond donors (Lipinski definition) is 2. The van der Waals surface area contributed by atoms with Gasteiger partial charge in [-0.1, -0.05) is 13.3 Å². The van der Waals surface area contributed by atoms with E-state index in [0.29, 0.717) is 22.5 Å². The lowest BCUT2D eigenvalue weighted by atomic mass is 10.1. The maximum absolute atomic E-state index is 11.3. The molecule has 6 heteroatoms. The highest BCUT2D eigenvalue weighted by Gasteiger charge is 2.18. The summed E-state index contributed by atoms with van der Waals surface area (Å²) < 4.78 is 0. The molecule has 0 aliphatic rings. The van der Waals surface area contributed by atoms with E-state index in [0.717, 1.165) is 19.4 Å². The lowest BCUT2D eigenvalue weighted by Gasteiger charge is -2.10. The molecule has 0 aliphatic carbocycles. The van der Waals surface area contributed by atoms with E-state index in [-0.39, 0.29) is 5.56 Å². The number of hydrogen-bond acceptors (Lipinski definition) is 5. The average molecular weight is 260 g/mol. The number of carbonyl (C=O) groups is 1. The Morgan fingerprint density at radius 1 is 1.32 bits per heavy atom. The quantitative estimate of drug-likeness (QED) is 0.801. The zero-order valence-electron chi connectivity index (χ0n) is 11.0. The first-order chi connectivity index (χ1) is 9.15. The standard InChI is InChI=1S/C13H16N4O2/c1-3-4-5-16-12-11-10(14-6-7-15-11)9(13(18)19)8(2)17-12/h6-7H,3-5H2,1-2H3,(H,16,17)(H,18,19). The molecule has 0 atom stereocenters. The zero-order valence-corrected chi connectivity index (χ0v) is 11.0. The predicted octanol–water partition coefficient (Wildman–Crippen LogP) is 2.24. The summed E-state index contributed by atoms with van der Waals surface area (Å²) in [6, 6.07) is 0. The number of carboxylic acids is 1. The van der Waals surface area contributed by atoms with Gasteiger partial charge < -0.3 is 10.4 Å². The summed E-state index contributed by atoms with van der Waals surface area (Å²) in [4.78, 5) is 23.9. The molecule has 0 saturated carbocycles. The van der Waals surface area contributed by atoms with Crippen LogP contribution in [0.3, 0.4) is 0 Å². The number of unbranched alkanes of at least 4 members (excludes halogenated alkanes) is 1. The molecule has 0 unspecified atom stereocenters. The summed E-state index contributed by atoms with van der Waals surface area (Å²) in [5.41, 5.74) is 1.44. The largest absolute Gasteiger partial charge is 0.478 e. The minimum absolute atomic E-state index is 0.115. The maximum atomic E-state index is 11.3. The Hall–Kier alpha value is -2.24. The van der Waals surface area contributed by atoms with E-state index in [1.807, 2.05) is 0 Å². The van der Waals surface area contributed by atoms with Gasteiger partial charge in [-0.25, -0.2) is 14.8 Å². The van der Waals surface area contributed by atoms with E-state index in [4.69, 9.17) is 0 Å². The van der Waals surface area contributed by atoms with Gasteiger partial charge in [-0.05, 0) is 13.3 Å². The highest BCUT2D eigenvalue weighted by molar-refractivity contribution is 6.04. The number of aromatic carboxylic acids is 1. The molecule has 0 saturated heterocycles. The van der Waals surface area contributed by atoms with Crippen LogP contribution in [0.1, 0.15) is 35.8 Å². The number of rotatable bonds is 5. The minimum atomic E-state index is -1.03. The summed E-state index contributed by atoms with van der Waals surface area (Å²) in [7, 11) is 0. The Morgan fingerprint density at radius 2 is 2.00 bits per heavy atom. The van der Waals surface area contributed by atoms with Crippen molar-refractivity contribution in [3.05, 3.63) is 23.7 Å². The van der Waals surface area contributed by atoms with Crippen LogP contribution in [0.5, 0.6) is 0 Å². The third-order valence-corrected chi connectivity index (χ3v) is 2.84. The fourth-order valence-corrected chi connectivity index (χ4v) is 1.91. The number of carboxylic acid groups (broad SMARTS) is 1. The molecule has 2 heterocycles. The highest BCUT2D eigenvalue weighted by Crippen LogP contribution is 2.23. The highest BCUT2D eigenvalue weighted by atomic mass is 16.4. The molecule has 0 radical (unpaired) electrons. The van der Waals surface area contributed by atoms with Gasteiger partial charge in [0.2, 0.25) is 0 Å². The van der Waals surface area contributed by atoms with Gasteiger partial charge >= 0.3 is 5.97 Å². The van der Waals surface area contributed by atoms with E-state index >= 15 is 0 Å². The van der Waals surface area contributed by atoms with E-state index in [1.165, 1.54) is 12.4 Å². The van der Waals surface area contributed by atoms with E-state index < -0.39 is 5.97 Å². The normalized spacial score (nSPS) is 10.6. The average Bonchev–Trinajstić information content (AvgIpc) is 2.38. The minimum Gasteiger partial charge on any atom is -0.478 e. The molecule has 0 aliphatic heterocycles. The van der Waals surface area contributed by atoms with Crippen LogP contribution in [-0.2, 0) is 0 Å². The summed E-state index contributed by atoms with van der Waals surface area (Å²) in [5, 5.41) is 12.4. The van der Waals surface area contributed by atoms with Crippen LogP contribution in [0.25, 0.3) is 11.0 Å². The molecule has 0 spiro atoms. The molecule has 2 rings (SSSR count). The fourth-order valence-electron chi connectivity index (χ4n) is 1.91. The molecule has 0 bridgehead atoms. The van der Waals surface area contributed by atoms with E-state index in [2.05, 4.69) is 27.2 Å². The Morgan fingerprint density at radius 3 is 2.63 bits per heavy atom. The number of aryl methyl sites for hydroxylation is 1. The third-order valence-electron chi connectivity index (χ3n) is 2.84. The lowest BCUT2D eigenvalue weighted by molar-refractivity contribution is 0.0697. The van der Waals surface area contributed by atoms with Crippen molar-refractivity contribution in [3.8, 4) is 0 Å². The molecule has 0 fully saturated rings. The first kappa shape index (κ1) is 13.2. The van der Waals surface area contributed by atoms with E-state index in [9.17, 15) is 9.90 Å². The van der Waals surface area contributed by atoms with Gasteiger partial charge in [0.15, 0.2) is 5.82 Å². The van der Waals surface area contributed by atoms with Crippen molar-refractivity contribution in [3.63, 3.8) is 0 Å². The first-order valence-corrected chi connectivity index (χ1v) is 6.23. The van der Waals surface area contributed by atoms with Crippen LogP contribution in [0, 0.1) is 6.92 Å². The van der Waals surface area contributed by atoms with Gasteiger partial charge in [0, 0.05) is 18.9 Å². The Labute approximate surface area is 110 Å². The molecular weight excluding hydrogens is 244 g/mol. The van der Waals surface area contributed by atoms with Gasteiger partial charge in [-0.15, -0.1) is 0 Å². The van der Waals surface area contributed by atoms with Crippen molar-refractivity contribution in [2.75, 3.05) is 11.9 Å². The fraction of sp³-hybridized carbons (Fsp3) is 0.385. The third kappa shape index (κ3) is 2.62. The molecule has 0 aromatic carbocycles. The summed E-state index contributed by atoms with van der Waals surface area (Å²) in [5.74, 6) is -0.436. The van der Waals surface area contributed by atoms with Gasteiger partial charge in [0.05, 0.1) is 5.69 Å². The molecule has 2 aromatic rings. The second-order valence-corrected chi connectivity index (χ2v) is 4.26. The number of nitrogens with zero attached hydrogens (tertiary/aromatic N) is 3. The second kappa shape index (κ2) is 5.60. The van der Waals surface area contributed by atoms with Gasteiger partial charge in [0.25, 0.3) is 0 Å². The summed E-state index contributed by atoms with van der Waals surface area (Å²) in [6.45, 7) is 4.55. The topological polar surface area (TPSA) is 88.0 Å². The van der Waals surface area contributed by atoms with Gasteiger partial charge in [-0.3, -0.25) is 4.98 Å². The Balaban J connectivity index is 2.55. The number of anilines is 1. The van der Waals surface area contributed by atoms with Crippen molar-refractivity contribution in [1.82, 2.24) is 15.0 Å². The van der Waals surface area contributed by atoms with Gasteiger partial charge in [-0.2, -0.15) is 0 Å². The predicted molar refractivity (Wildman–Crippen MR) is 72.4 cm³/mol. The number of pyridine rings is 1. The van der Waals surface area contributed by atoms with Crippen molar-refractivity contribution < 1.29 is 9.90 Å². The lowest BCUT2D eigenvalue weighted by Crippen LogP contribution is -2.10. The number of fused-ring (bicyclic) bond motifs is 1. The van der Waals surface area contributed by atoms with Crippen molar-refractivity contribution in [2.24, 2.45) is 0 Å². The molecule has 100 valence electrons. The van der Waals surface area contributed by atoms with Crippen LogP contribution in [0.4, 0.5) is 5.82 Å². The van der Waals surface area contributed by atoms with E-state index in [1.54, 1.807) is 6.92 Å². The smallest absolute Gasteiger partial charge is 0.339 e. The maximum Gasteiger partial charge on any atom is 0.339 e. The van der Waals surface area contributed by atoms with Crippen LogP contribution >= 0.6 is 0 Å². The van der Waals surface area contributed by atoms with Crippen LogP contribution in [-0.4, -0.2) is 32.6 Å². The molecule has 19 heavy (non-hydrogen) atoms.